The first kappa shape index (κ1) is 19.2. The molecule has 0 spiro atoms. The maximum absolute atomic E-state index is 13.4. The molecule has 2 aliphatic rings. The van der Waals surface area contributed by atoms with Crippen LogP contribution in [0.1, 0.15) is 31.0 Å². The third kappa shape index (κ3) is 3.73. The van der Waals surface area contributed by atoms with Crippen LogP contribution in [0.3, 0.4) is 0 Å². The van der Waals surface area contributed by atoms with E-state index < -0.39 is 5.82 Å². The predicted molar refractivity (Wildman–Crippen MR) is 105 cm³/mol. The first-order valence-electron chi connectivity index (χ1n) is 9.63. The third-order valence-corrected chi connectivity index (χ3v) is 5.97. The summed E-state index contributed by atoms with van der Waals surface area (Å²) in [6.07, 6.45) is 3.31. The van der Waals surface area contributed by atoms with Gasteiger partial charge >= 0.3 is 0 Å². The molecule has 0 saturated carbocycles. The molecule has 1 N–H and O–H groups in total. The topological polar surface area (TPSA) is 61.6 Å². The monoisotopic (exact) mass is 406 g/mol. The predicted octanol–water partition coefficient (Wildman–Crippen LogP) is 2.61. The Morgan fingerprint density at radius 2 is 2.11 bits per heavy atom. The van der Waals surface area contributed by atoms with E-state index in [2.05, 4.69) is 10.00 Å². The quantitative estimate of drug-likeness (QED) is 0.851. The van der Waals surface area contributed by atoms with Crippen LogP contribution in [0.25, 0.3) is 0 Å². The van der Waals surface area contributed by atoms with Gasteiger partial charge in [-0.05, 0) is 37.5 Å². The molecule has 0 bridgehead atoms. The Hall–Kier alpha value is -2.12. The van der Waals surface area contributed by atoms with Crippen LogP contribution in [0.4, 0.5) is 10.1 Å². The van der Waals surface area contributed by atoms with Crippen molar-refractivity contribution in [2.24, 2.45) is 0 Å². The summed E-state index contributed by atoms with van der Waals surface area (Å²) < 4.78 is 15.3. The highest BCUT2D eigenvalue weighted by Gasteiger charge is 2.31. The van der Waals surface area contributed by atoms with Gasteiger partial charge in [-0.15, -0.1) is 0 Å². The number of amides is 1. The van der Waals surface area contributed by atoms with Crippen LogP contribution in [0, 0.1) is 5.82 Å². The highest BCUT2D eigenvalue weighted by atomic mass is 35.5. The van der Waals surface area contributed by atoms with Crippen molar-refractivity contribution in [3.05, 3.63) is 46.5 Å². The Balaban J connectivity index is 1.51. The lowest BCUT2D eigenvalue weighted by atomic mass is 10.1. The van der Waals surface area contributed by atoms with Crippen molar-refractivity contribution in [1.29, 1.82) is 0 Å². The molecule has 1 amide bonds. The second-order valence-electron chi connectivity index (χ2n) is 7.67. The zero-order valence-corrected chi connectivity index (χ0v) is 16.6. The van der Waals surface area contributed by atoms with Crippen LogP contribution in [0.15, 0.2) is 24.4 Å². The number of rotatable bonds is 3. The van der Waals surface area contributed by atoms with E-state index in [9.17, 15) is 14.3 Å². The number of benzene rings is 1. The number of anilines is 1. The zero-order chi connectivity index (χ0) is 19.8. The van der Waals surface area contributed by atoms with Gasteiger partial charge in [0, 0.05) is 19.1 Å². The summed E-state index contributed by atoms with van der Waals surface area (Å²) in [5, 5.41) is 14.3. The minimum atomic E-state index is -0.482. The number of carbonyl (C=O) groups excluding carboxylic acids is 1. The fraction of sp³-hybridized carbons (Fsp3) is 0.500. The van der Waals surface area contributed by atoms with Gasteiger partial charge in [0.25, 0.3) is 0 Å². The number of hydrogen-bond acceptors (Lipinski definition) is 4. The Morgan fingerprint density at radius 3 is 2.82 bits per heavy atom. The molecule has 150 valence electrons. The summed E-state index contributed by atoms with van der Waals surface area (Å²) in [6.45, 7) is 4.72. The van der Waals surface area contributed by atoms with Gasteiger partial charge in [0.05, 0.1) is 48.2 Å². The molecule has 1 atom stereocenters. The number of aliphatic hydroxyl groups is 1. The van der Waals surface area contributed by atoms with E-state index in [0.29, 0.717) is 18.7 Å². The number of nitrogens with zero attached hydrogens (tertiary/aromatic N) is 4. The molecule has 3 heterocycles. The first-order chi connectivity index (χ1) is 13.4. The summed E-state index contributed by atoms with van der Waals surface area (Å²) >= 11 is 5.85. The van der Waals surface area contributed by atoms with Gasteiger partial charge in [-0.3, -0.25) is 9.48 Å². The van der Waals surface area contributed by atoms with E-state index in [0.717, 1.165) is 37.3 Å². The van der Waals surface area contributed by atoms with Gasteiger partial charge in [0.15, 0.2) is 0 Å². The number of piperidine rings is 1. The van der Waals surface area contributed by atoms with Gasteiger partial charge in [-0.2, -0.15) is 5.10 Å². The summed E-state index contributed by atoms with van der Waals surface area (Å²) in [5.41, 5.74) is 2.77. The van der Waals surface area contributed by atoms with E-state index in [-0.39, 0.29) is 29.5 Å². The molecule has 0 unspecified atom stereocenters. The Kier molecular flexibility index (Phi) is 5.29. The fourth-order valence-corrected chi connectivity index (χ4v) is 4.22. The Labute approximate surface area is 168 Å². The maximum atomic E-state index is 13.4. The number of hydrogen-bond donors (Lipinski definition) is 1. The maximum Gasteiger partial charge on any atom is 0.227 e. The summed E-state index contributed by atoms with van der Waals surface area (Å²) in [5.74, 6) is -0.493. The molecular weight excluding hydrogens is 383 g/mol. The third-order valence-electron chi connectivity index (χ3n) is 5.68. The largest absolute Gasteiger partial charge is 0.393 e. The molecule has 8 heteroatoms. The average Bonchev–Trinajstić information content (AvgIpc) is 3.07. The SMILES string of the molecule is C[C@H]1Cn2ncc(N3CCC(O)CC3)c2CN1C(=O)Cc1ccc(F)c(Cl)c1. The first-order valence-corrected chi connectivity index (χ1v) is 10.0. The van der Waals surface area contributed by atoms with Crippen molar-refractivity contribution >= 4 is 23.2 Å². The van der Waals surface area contributed by atoms with E-state index in [1.54, 1.807) is 6.07 Å². The van der Waals surface area contributed by atoms with E-state index in [1.165, 1.54) is 12.1 Å². The Bertz CT molecular complexity index is 879. The zero-order valence-electron chi connectivity index (χ0n) is 15.8. The minimum Gasteiger partial charge on any atom is -0.393 e. The van der Waals surface area contributed by atoms with Crippen molar-refractivity contribution in [3.63, 3.8) is 0 Å². The summed E-state index contributed by atoms with van der Waals surface area (Å²) in [6, 6.07) is 4.43. The van der Waals surface area contributed by atoms with Gasteiger partial charge in [0.2, 0.25) is 5.91 Å². The van der Waals surface area contributed by atoms with Crippen molar-refractivity contribution in [2.75, 3.05) is 18.0 Å². The number of carbonyl (C=O) groups is 1. The number of aliphatic hydroxyl groups excluding tert-OH is 1. The van der Waals surface area contributed by atoms with E-state index >= 15 is 0 Å². The smallest absolute Gasteiger partial charge is 0.227 e. The molecule has 4 rings (SSSR count). The molecule has 1 saturated heterocycles. The number of aromatic nitrogens is 2. The number of halogens is 2. The molecule has 1 fully saturated rings. The van der Waals surface area contributed by atoms with Crippen molar-refractivity contribution < 1.29 is 14.3 Å². The molecule has 2 aromatic rings. The van der Waals surface area contributed by atoms with Crippen LogP contribution in [0.5, 0.6) is 0 Å². The lowest BCUT2D eigenvalue weighted by Crippen LogP contribution is -2.46. The van der Waals surface area contributed by atoms with Crippen LogP contribution in [-0.2, 0) is 24.3 Å². The molecule has 28 heavy (non-hydrogen) atoms. The number of fused-ring (bicyclic) bond motifs is 1. The summed E-state index contributed by atoms with van der Waals surface area (Å²) in [7, 11) is 0. The van der Waals surface area contributed by atoms with Gasteiger partial charge in [-0.1, -0.05) is 17.7 Å². The average molecular weight is 407 g/mol. The second-order valence-corrected chi connectivity index (χ2v) is 8.08. The van der Waals surface area contributed by atoms with Crippen molar-refractivity contribution in [1.82, 2.24) is 14.7 Å². The fourth-order valence-electron chi connectivity index (χ4n) is 4.02. The van der Waals surface area contributed by atoms with Gasteiger partial charge in [0.1, 0.15) is 5.82 Å². The molecule has 1 aromatic heterocycles. The molecule has 0 radical (unpaired) electrons. The molecular formula is C20H24ClFN4O2. The Morgan fingerprint density at radius 1 is 1.36 bits per heavy atom. The van der Waals surface area contributed by atoms with Crippen molar-refractivity contribution in [2.45, 2.75) is 51.4 Å². The van der Waals surface area contributed by atoms with Gasteiger partial charge < -0.3 is 14.9 Å². The van der Waals surface area contributed by atoms with Crippen LogP contribution >= 0.6 is 11.6 Å². The van der Waals surface area contributed by atoms with E-state index in [1.807, 2.05) is 22.7 Å². The molecule has 2 aliphatic heterocycles. The standard InChI is InChI=1S/C20H24ClFN4O2/c1-13-11-26-19(18(10-23-26)24-6-4-15(27)5-7-24)12-25(13)20(28)9-14-2-3-17(22)16(21)8-14/h2-3,8,10,13,15,27H,4-7,9,11-12H2,1H3/t13-/m0/s1. The lowest BCUT2D eigenvalue weighted by Gasteiger charge is -2.37. The normalized spacial score (nSPS) is 20.4. The van der Waals surface area contributed by atoms with Crippen LogP contribution < -0.4 is 4.90 Å². The second kappa shape index (κ2) is 7.72. The molecule has 0 aliphatic carbocycles. The van der Waals surface area contributed by atoms with E-state index in [4.69, 9.17) is 11.6 Å². The van der Waals surface area contributed by atoms with Crippen molar-refractivity contribution in [3.8, 4) is 0 Å². The highest BCUT2D eigenvalue weighted by molar-refractivity contribution is 6.30. The van der Waals surface area contributed by atoms with Crippen LogP contribution in [-0.4, -0.2) is 50.9 Å². The summed E-state index contributed by atoms with van der Waals surface area (Å²) in [4.78, 5) is 17.0. The lowest BCUT2D eigenvalue weighted by molar-refractivity contribution is -0.134. The highest BCUT2D eigenvalue weighted by Crippen LogP contribution is 2.29. The van der Waals surface area contributed by atoms with Crippen LogP contribution in [0.2, 0.25) is 5.02 Å². The van der Waals surface area contributed by atoms with Gasteiger partial charge in [-0.25, -0.2) is 4.39 Å². The molecule has 6 nitrogen and oxygen atoms in total. The minimum absolute atomic E-state index is 0.0114. The molecule has 1 aromatic carbocycles.